The molecule has 0 rings (SSSR count). The second kappa shape index (κ2) is 5.15. The second-order valence-corrected chi connectivity index (χ2v) is 3.35. The highest BCUT2D eigenvalue weighted by molar-refractivity contribution is 5.75. The van der Waals surface area contributed by atoms with Crippen molar-refractivity contribution in [1.29, 1.82) is 0 Å². The van der Waals surface area contributed by atoms with Crippen LogP contribution in [0.15, 0.2) is 11.8 Å². The molecule has 0 fully saturated rings. The Morgan fingerprint density at radius 3 is 1.83 bits per heavy atom. The maximum absolute atomic E-state index is 13.2. The summed E-state index contributed by atoms with van der Waals surface area (Å²) in [6.45, 7) is 1.95. The lowest BCUT2D eigenvalue weighted by Gasteiger charge is -2.30. The minimum absolute atomic E-state index is 0.251. The summed E-state index contributed by atoms with van der Waals surface area (Å²) in [6, 6.07) is 0. The number of carbonyl (C=O) groups is 1. The Hall–Kier alpha value is -1.28. The molecule has 0 aromatic rings. The molecule has 2 nitrogen and oxygen atoms in total. The van der Waals surface area contributed by atoms with Crippen LogP contribution in [0.5, 0.6) is 0 Å². The van der Waals surface area contributed by atoms with Gasteiger partial charge in [-0.1, -0.05) is 13.0 Å². The largest absolute Gasteiger partial charge is 0.460 e. The molecule has 0 aromatic carbocycles. The highest BCUT2D eigenvalue weighted by Gasteiger charge is 2.74. The van der Waals surface area contributed by atoms with Crippen molar-refractivity contribution >= 4 is 5.91 Å². The van der Waals surface area contributed by atoms with Gasteiger partial charge in [-0.15, -0.1) is 0 Å². The molecule has 106 valence electrons. The van der Waals surface area contributed by atoms with Gasteiger partial charge in [-0.25, -0.2) is 0 Å². The Labute approximate surface area is 97.8 Å². The molecule has 0 saturated carbocycles. The molecule has 0 atom stereocenters. The Bertz CT molecular complexity index is 345. The Morgan fingerprint density at radius 2 is 1.56 bits per heavy atom. The van der Waals surface area contributed by atoms with Crippen LogP contribution in [0.25, 0.3) is 0 Å². The summed E-state index contributed by atoms with van der Waals surface area (Å²) in [5, 5.41) is 1.29. The van der Waals surface area contributed by atoms with Crippen LogP contribution >= 0.6 is 0 Å². The van der Waals surface area contributed by atoms with Gasteiger partial charge >= 0.3 is 18.0 Å². The SMILES string of the molecule is CC/C=C(\NC(C)=O)C(F)(F)C(F)(F)C(F)(F)F. The lowest BCUT2D eigenvalue weighted by Crippen LogP contribution is -2.55. The van der Waals surface area contributed by atoms with Crippen molar-refractivity contribution in [1.82, 2.24) is 5.32 Å². The average molecular weight is 281 g/mol. The van der Waals surface area contributed by atoms with Crippen LogP contribution in [0.3, 0.4) is 0 Å². The van der Waals surface area contributed by atoms with Crippen LogP contribution in [-0.2, 0) is 4.79 Å². The number of carbonyl (C=O) groups excluding carboxylic acids is 1. The fourth-order valence-electron chi connectivity index (χ4n) is 0.999. The van der Waals surface area contributed by atoms with Crippen LogP contribution in [-0.4, -0.2) is 23.9 Å². The molecule has 0 saturated heterocycles. The Kier molecular flexibility index (Phi) is 4.78. The summed E-state index contributed by atoms with van der Waals surface area (Å²) < 4.78 is 87.3. The first-order chi connectivity index (χ1) is 7.88. The van der Waals surface area contributed by atoms with E-state index in [0.29, 0.717) is 13.0 Å². The first-order valence-corrected chi connectivity index (χ1v) is 4.68. The third kappa shape index (κ3) is 3.14. The molecule has 0 radical (unpaired) electrons. The maximum Gasteiger partial charge on any atom is 0.460 e. The quantitative estimate of drug-likeness (QED) is 0.787. The fraction of sp³-hybridized carbons (Fsp3) is 0.667. The van der Waals surface area contributed by atoms with E-state index >= 15 is 0 Å². The van der Waals surface area contributed by atoms with Crippen molar-refractivity contribution in [2.75, 3.05) is 0 Å². The van der Waals surface area contributed by atoms with Crippen LogP contribution < -0.4 is 5.32 Å². The molecule has 0 bridgehead atoms. The minimum Gasteiger partial charge on any atom is -0.325 e. The number of amides is 1. The molecule has 0 aromatic heterocycles. The average Bonchev–Trinajstić information content (AvgIpc) is 2.14. The Balaban J connectivity index is 5.57. The van der Waals surface area contributed by atoms with Gasteiger partial charge in [0.1, 0.15) is 0 Å². The van der Waals surface area contributed by atoms with Crippen molar-refractivity contribution in [2.45, 2.75) is 38.3 Å². The van der Waals surface area contributed by atoms with Crippen molar-refractivity contribution in [3.8, 4) is 0 Å². The van der Waals surface area contributed by atoms with E-state index in [1.54, 1.807) is 0 Å². The monoisotopic (exact) mass is 281 g/mol. The second-order valence-electron chi connectivity index (χ2n) is 3.35. The van der Waals surface area contributed by atoms with E-state index in [1.165, 1.54) is 12.2 Å². The summed E-state index contributed by atoms with van der Waals surface area (Å²) in [4.78, 5) is 10.5. The third-order valence-electron chi connectivity index (χ3n) is 1.81. The van der Waals surface area contributed by atoms with Gasteiger partial charge < -0.3 is 5.32 Å². The van der Waals surface area contributed by atoms with Crippen molar-refractivity contribution < 1.29 is 35.5 Å². The molecule has 0 aliphatic carbocycles. The van der Waals surface area contributed by atoms with Crippen molar-refractivity contribution in [2.24, 2.45) is 0 Å². The predicted molar refractivity (Wildman–Crippen MR) is 48.1 cm³/mol. The molecular weight excluding hydrogens is 271 g/mol. The van der Waals surface area contributed by atoms with E-state index in [4.69, 9.17) is 0 Å². The standard InChI is InChI=1S/C9H10F7NO/c1-3-4-6(17-5(2)18)7(10,11)8(12,13)9(14,15)16/h4H,3H2,1-2H3,(H,17,18)/b6-4-. The number of rotatable bonds is 4. The molecule has 0 heterocycles. The number of hydrogen-bond acceptors (Lipinski definition) is 1. The lowest BCUT2D eigenvalue weighted by molar-refractivity contribution is -0.345. The smallest absolute Gasteiger partial charge is 0.325 e. The molecule has 9 heteroatoms. The summed E-state index contributed by atoms with van der Waals surface area (Å²) in [7, 11) is 0. The van der Waals surface area contributed by atoms with E-state index in [2.05, 4.69) is 0 Å². The molecule has 0 aliphatic heterocycles. The topological polar surface area (TPSA) is 29.1 Å². The van der Waals surface area contributed by atoms with Gasteiger partial charge in [-0.3, -0.25) is 4.79 Å². The van der Waals surface area contributed by atoms with Crippen LogP contribution in [0, 0.1) is 0 Å². The Morgan fingerprint density at radius 1 is 1.11 bits per heavy atom. The molecule has 1 N–H and O–H groups in total. The first kappa shape index (κ1) is 16.7. The fourth-order valence-corrected chi connectivity index (χ4v) is 0.999. The molecule has 1 amide bonds. The van der Waals surface area contributed by atoms with E-state index in [9.17, 15) is 35.5 Å². The zero-order valence-corrected chi connectivity index (χ0v) is 9.34. The van der Waals surface area contributed by atoms with Crippen molar-refractivity contribution in [3.05, 3.63) is 11.8 Å². The molecular formula is C9H10F7NO. The normalized spacial score (nSPS) is 14.6. The van der Waals surface area contributed by atoms with Crippen LogP contribution in [0.2, 0.25) is 0 Å². The number of allylic oxidation sites excluding steroid dienone is 2. The summed E-state index contributed by atoms with van der Waals surface area (Å²) >= 11 is 0. The highest BCUT2D eigenvalue weighted by atomic mass is 19.4. The first-order valence-electron chi connectivity index (χ1n) is 4.68. The predicted octanol–water partition coefficient (Wildman–Crippen LogP) is 3.25. The number of nitrogens with one attached hydrogen (secondary N) is 1. The van der Waals surface area contributed by atoms with E-state index in [-0.39, 0.29) is 6.42 Å². The molecule has 0 unspecified atom stereocenters. The molecule has 18 heavy (non-hydrogen) atoms. The van der Waals surface area contributed by atoms with Crippen LogP contribution in [0.4, 0.5) is 30.7 Å². The third-order valence-corrected chi connectivity index (χ3v) is 1.81. The van der Waals surface area contributed by atoms with Gasteiger partial charge in [0.05, 0.1) is 5.70 Å². The summed E-state index contributed by atoms with van der Waals surface area (Å²) in [6.07, 6.45) is -6.28. The molecule has 0 aliphatic rings. The van der Waals surface area contributed by atoms with Gasteiger partial charge in [0.25, 0.3) is 0 Å². The number of halogens is 7. The minimum atomic E-state index is -6.43. The van der Waals surface area contributed by atoms with Gasteiger partial charge in [0.2, 0.25) is 5.91 Å². The lowest BCUT2D eigenvalue weighted by atomic mass is 10.1. The number of alkyl halides is 7. The van der Waals surface area contributed by atoms with Crippen LogP contribution in [0.1, 0.15) is 20.3 Å². The van der Waals surface area contributed by atoms with Gasteiger partial charge in [-0.05, 0) is 6.42 Å². The highest BCUT2D eigenvalue weighted by Crippen LogP contribution is 2.49. The van der Waals surface area contributed by atoms with E-state index in [0.717, 1.165) is 0 Å². The zero-order valence-electron chi connectivity index (χ0n) is 9.34. The number of hydrogen-bond donors (Lipinski definition) is 1. The van der Waals surface area contributed by atoms with Gasteiger partial charge in [0.15, 0.2) is 0 Å². The zero-order chi connectivity index (χ0) is 14.8. The van der Waals surface area contributed by atoms with Gasteiger partial charge in [-0.2, -0.15) is 30.7 Å². The van der Waals surface area contributed by atoms with E-state index < -0.39 is 29.6 Å². The maximum atomic E-state index is 13.2. The summed E-state index contributed by atoms with van der Waals surface area (Å²) in [5.41, 5.74) is -1.76. The molecule has 0 spiro atoms. The van der Waals surface area contributed by atoms with E-state index in [1.807, 2.05) is 0 Å². The van der Waals surface area contributed by atoms with Gasteiger partial charge in [0, 0.05) is 6.92 Å². The van der Waals surface area contributed by atoms with Crippen molar-refractivity contribution in [3.63, 3.8) is 0 Å². The summed E-state index contributed by atoms with van der Waals surface area (Å²) in [5.74, 6) is -13.0.